The third-order valence-electron chi connectivity index (χ3n) is 3.76. The van der Waals surface area contributed by atoms with Crippen LogP contribution >= 0.6 is 0 Å². The molecule has 0 bridgehead atoms. The van der Waals surface area contributed by atoms with E-state index in [1.165, 1.54) is 18.1 Å². The highest BCUT2D eigenvalue weighted by Crippen LogP contribution is 2.39. The summed E-state index contributed by atoms with van der Waals surface area (Å²) in [5.74, 6) is -0.205. The summed E-state index contributed by atoms with van der Waals surface area (Å²) in [6.07, 6.45) is -1.17. The Morgan fingerprint density at radius 1 is 1.43 bits per heavy atom. The number of fused-ring (bicyclic) bond motifs is 3. The van der Waals surface area contributed by atoms with Crippen molar-refractivity contribution in [2.24, 2.45) is 0 Å². The molecular formula is C13H15NO6S. The molecule has 0 aromatic heterocycles. The van der Waals surface area contributed by atoms with Crippen LogP contribution in [-0.4, -0.2) is 50.2 Å². The molecule has 1 N–H and O–H groups in total. The smallest absolute Gasteiger partial charge is 0.411 e. The summed E-state index contributed by atoms with van der Waals surface area (Å²) in [6.45, 7) is 0.125. The van der Waals surface area contributed by atoms with Gasteiger partial charge in [0.1, 0.15) is 5.75 Å². The van der Waals surface area contributed by atoms with E-state index in [1.54, 1.807) is 12.1 Å². The highest BCUT2D eigenvalue weighted by Gasteiger charge is 2.41. The first-order valence-corrected chi connectivity index (χ1v) is 8.10. The van der Waals surface area contributed by atoms with Gasteiger partial charge in [-0.15, -0.1) is 0 Å². The number of aliphatic hydroxyl groups is 1. The first-order chi connectivity index (χ1) is 9.92. The first-order valence-electron chi connectivity index (χ1n) is 6.44. The van der Waals surface area contributed by atoms with Crippen LogP contribution in [0.3, 0.4) is 0 Å². The van der Waals surface area contributed by atoms with Crippen LogP contribution in [0.5, 0.6) is 5.75 Å². The molecule has 2 aliphatic heterocycles. The largest absolute Gasteiger partial charge is 0.497 e. The molecule has 21 heavy (non-hydrogen) atoms. The molecule has 1 saturated heterocycles. The van der Waals surface area contributed by atoms with Crippen molar-refractivity contribution in [1.29, 1.82) is 0 Å². The predicted octanol–water partition coefficient (Wildman–Crippen LogP) is 0.684. The highest BCUT2D eigenvalue weighted by atomic mass is 32.2. The Morgan fingerprint density at radius 2 is 2.19 bits per heavy atom. The average Bonchev–Trinajstić information content (AvgIpc) is 2.85. The lowest BCUT2D eigenvalue weighted by Crippen LogP contribution is -2.36. The number of carbonyl (C=O) groups is 1. The normalized spacial score (nSPS) is 27.1. The SMILES string of the molecule is COc1ccc2c(c1)[C@@H]1C[C@@H](O)CN1C(=O)OCS2(=O)=O. The number of carbonyl (C=O) groups excluding carboxylic acids is 1. The molecular weight excluding hydrogens is 298 g/mol. The van der Waals surface area contributed by atoms with Crippen molar-refractivity contribution < 1.29 is 27.8 Å². The van der Waals surface area contributed by atoms with Crippen molar-refractivity contribution >= 4 is 15.9 Å². The molecule has 1 amide bonds. The Bertz CT molecular complexity index is 686. The molecule has 0 unspecified atom stereocenters. The maximum absolute atomic E-state index is 12.3. The predicted molar refractivity (Wildman–Crippen MR) is 71.6 cm³/mol. The number of ether oxygens (including phenoxy) is 2. The van der Waals surface area contributed by atoms with Gasteiger partial charge in [0.2, 0.25) is 9.84 Å². The number of amides is 1. The van der Waals surface area contributed by atoms with Gasteiger partial charge in [-0.2, -0.15) is 0 Å². The van der Waals surface area contributed by atoms with Crippen LogP contribution < -0.4 is 4.74 Å². The molecule has 8 heteroatoms. The molecule has 114 valence electrons. The van der Waals surface area contributed by atoms with Crippen LogP contribution in [0.1, 0.15) is 18.0 Å². The monoisotopic (exact) mass is 313 g/mol. The van der Waals surface area contributed by atoms with Crippen LogP contribution in [0.25, 0.3) is 0 Å². The van der Waals surface area contributed by atoms with Gasteiger partial charge in [-0.1, -0.05) is 0 Å². The van der Waals surface area contributed by atoms with Crippen LogP contribution in [0.2, 0.25) is 0 Å². The van der Waals surface area contributed by atoms with Crippen LogP contribution in [0, 0.1) is 0 Å². The van der Waals surface area contributed by atoms with Gasteiger partial charge >= 0.3 is 6.09 Å². The molecule has 0 spiro atoms. The minimum Gasteiger partial charge on any atom is -0.497 e. The number of nitrogens with zero attached hydrogens (tertiary/aromatic N) is 1. The minimum atomic E-state index is -3.72. The number of hydrogen-bond acceptors (Lipinski definition) is 6. The lowest BCUT2D eigenvalue weighted by Gasteiger charge is -2.28. The quantitative estimate of drug-likeness (QED) is 0.819. The van der Waals surface area contributed by atoms with E-state index in [9.17, 15) is 18.3 Å². The number of hydrogen-bond donors (Lipinski definition) is 1. The number of sulfone groups is 1. The first kappa shape index (κ1) is 14.2. The van der Waals surface area contributed by atoms with Crippen molar-refractivity contribution in [3.63, 3.8) is 0 Å². The van der Waals surface area contributed by atoms with Gasteiger partial charge in [-0.3, -0.25) is 4.90 Å². The third-order valence-corrected chi connectivity index (χ3v) is 5.23. The van der Waals surface area contributed by atoms with Crippen molar-refractivity contribution in [2.75, 3.05) is 19.6 Å². The second-order valence-corrected chi connectivity index (χ2v) is 7.01. The van der Waals surface area contributed by atoms with Crippen molar-refractivity contribution in [3.05, 3.63) is 23.8 Å². The topological polar surface area (TPSA) is 93.1 Å². The molecule has 1 aromatic rings. The summed E-state index contributed by atoms with van der Waals surface area (Å²) in [7, 11) is -2.24. The number of methoxy groups -OCH3 is 1. The van der Waals surface area contributed by atoms with Gasteiger partial charge in [0.15, 0.2) is 5.94 Å². The lowest BCUT2D eigenvalue weighted by atomic mass is 10.0. The van der Waals surface area contributed by atoms with Gasteiger partial charge < -0.3 is 14.6 Å². The summed E-state index contributed by atoms with van der Waals surface area (Å²) < 4.78 is 34.5. The molecule has 1 fully saturated rings. The Morgan fingerprint density at radius 3 is 2.90 bits per heavy atom. The zero-order chi connectivity index (χ0) is 15.2. The molecule has 7 nitrogen and oxygen atoms in total. The van der Waals surface area contributed by atoms with E-state index in [1.807, 2.05) is 0 Å². The van der Waals surface area contributed by atoms with E-state index in [-0.39, 0.29) is 17.9 Å². The van der Waals surface area contributed by atoms with E-state index in [2.05, 4.69) is 0 Å². The number of benzene rings is 1. The van der Waals surface area contributed by atoms with Gasteiger partial charge in [0.05, 0.1) is 30.7 Å². The summed E-state index contributed by atoms with van der Waals surface area (Å²) in [6, 6.07) is 4.06. The number of rotatable bonds is 1. The minimum absolute atomic E-state index is 0.111. The Kier molecular flexibility index (Phi) is 3.29. The van der Waals surface area contributed by atoms with E-state index < -0.39 is 34.0 Å². The zero-order valence-electron chi connectivity index (χ0n) is 11.4. The van der Waals surface area contributed by atoms with Crippen LogP contribution in [0.15, 0.2) is 23.1 Å². The van der Waals surface area contributed by atoms with Crippen molar-refractivity contribution in [2.45, 2.75) is 23.5 Å². The highest BCUT2D eigenvalue weighted by molar-refractivity contribution is 7.91. The van der Waals surface area contributed by atoms with Crippen LogP contribution in [-0.2, 0) is 14.6 Å². The van der Waals surface area contributed by atoms with E-state index in [0.29, 0.717) is 11.3 Å². The fourth-order valence-corrected chi connectivity index (χ4v) is 3.99. The number of aliphatic hydroxyl groups excluding tert-OH is 1. The molecule has 2 aliphatic rings. The van der Waals surface area contributed by atoms with E-state index in [0.717, 1.165) is 0 Å². The fourth-order valence-electron chi connectivity index (χ4n) is 2.78. The van der Waals surface area contributed by atoms with E-state index >= 15 is 0 Å². The van der Waals surface area contributed by atoms with Gasteiger partial charge in [-0.05, 0) is 30.2 Å². The van der Waals surface area contributed by atoms with Crippen LogP contribution in [0.4, 0.5) is 4.79 Å². The molecule has 1 aromatic carbocycles. The maximum Gasteiger partial charge on any atom is 0.411 e. The summed E-state index contributed by atoms with van der Waals surface area (Å²) in [5.41, 5.74) is 0.461. The molecule has 3 rings (SSSR count). The fraction of sp³-hybridized carbons (Fsp3) is 0.462. The molecule has 2 atom stereocenters. The maximum atomic E-state index is 12.3. The summed E-state index contributed by atoms with van der Waals surface area (Å²) in [5, 5.41) is 9.81. The molecule has 0 aliphatic carbocycles. The summed E-state index contributed by atoms with van der Waals surface area (Å²) >= 11 is 0. The third kappa shape index (κ3) is 2.34. The van der Waals surface area contributed by atoms with E-state index in [4.69, 9.17) is 9.47 Å². The average molecular weight is 313 g/mol. The zero-order valence-corrected chi connectivity index (χ0v) is 12.2. The Labute approximate surface area is 122 Å². The summed E-state index contributed by atoms with van der Waals surface area (Å²) in [4.78, 5) is 13.4. The van der Waals surface area contributed by atoms with Gasteiger partial charge in [-0.25, -0.2) is 13.2 Å². The van der Waals surface area contributed by atoms with Crippen molar-refractivity contribution in [3.8, 4) is 5.75 Å². The van der Waals surface area contributed by atoms with Gasteiger partial charge in [0, 0.05) is 0 Å². The molecule has 0 radical (unpaired) electrons. The Hall–Kier alpha value is -1.80. The number of cyclic esters (lactones) is 1. The second kappa shape index (κ2) is 4.88. The standard InChI is InChI=1S/C13H15NO6S/c1-19-9-2-3-12-10(5-9)11-4-8(15)6-14(11)13(16)20-7-21(12,17)18/h2-3,5,8,11,15H,4,6-7H2,1H3/t8-,11+/m1/s1. The second-order valence-electron chi connectivity index (χ2n) is 5.10. The van der Waals surface area contributed by atoms with Crippen molar-refractivity contribution in [1.82, 2.24) is 4.90 Å². The van der Waals surface area contributed by atoms with Gasteiger partial charge in [0.25, 0.3) is 0 Å². The molecule has 2 heterocycles. The lowest BCUT2D eigenvalue weighted by molar-refractivity contribution is 0.105. The molecule has 0 saturated carbocycles. The Balaban J connectivity index is 2.20.